The van der Waals surface area contributed by atoms with Crippen LogP contribution in [0.3, 0.4) is 0 Å². The first-order valence-corrected chi connectivity index (χ1v) is 3.73. The predicted octanol–water partition coefficient (Wildman–Crippen LogP) is 0.229. The molecule has 0 aromatic rings. The molecule has 1 atom stereocenters. The van der Waals surface area contributed by atoms with Crippen molar-refractivity contribution in [2.45, 2.75) is 12.5 Å². The molecule has 0 saturated carbocycles. The fourth-order valence-corrected chi connectivity index (χ4v) is 0.960. The minimum Gasteiger partial charge on any atom is -0.392 e. The fraction of sp³-hybridized carbons (Fsp3) is 1.00. The van der Waals surface area contributed by atoms with Gasteiger partial charge in [0, 0.05) is 6.54 Å². The molecule has 0 saturated heterocycles. The van der Waals surface area contributed by atoms with Crippen LogP contribution in [0.25, 0.3) is 0 Å². The number of hydrogen-bond donors (Lipinski definition) is 2. The van der Waals surface area contributed by atoms with Crippen molar-refractivity contribution in [1.29, 1.82) is 0 Å². The molecule has 0 fully saturated rings. The average Bonchev–Trinajstić information content (AvgIpc) is 1.63. The first-order chi connectivity index (χ1) is 4.16. The summed E-state index contributed by atoms with van der Waals surface area (Å²) in [6.45, 7) is 0.737. The molecule has 0 aromatic carbocycles. The zero-order chi connectivity index (χ0) is 7.28. The summed E-state index contributed by atoms with van der Waals surface area (Å²) in [5.74, 6) is 0.759. The second kappa shape index (κ2) is 5.09. The summed E-state index contributed by atoms with van der Waals surface area (Å²) in [5.41, 5.74) is 0. The molecule has 2 nitrogen and oxygen atoms in total. The molecule has 56 valence electrons. The van der Waals surface area contributed by atoms with Crippen LogP contribution in [-0.2, 0) is 0 Å². The number of hydrogen-bond acceptors (Lipinski definition) is 3. The van der Waals surface area contributed by atoms with Crippen LogP contribution in [0.4, 0.5) is 0 Å². The van der Waals surface area contributed by atoms with Crippen LogP contribution in [0.1, 0.15) is 6.42 Å². The second-order valence-electron chi connectivity index (χ2n) is 2.43. The Hall–Kier alpha value is 0.270. The molecule has 0 bridgehead atoms. The van der Waals surface area contributed by atoms with Gasteiger partial charge in [0.1, 0.15) is 0 Å². The molecular formula is C6H15NOS. The Morgan fingerprint density at radius 2 is 2.11 bits per heavy atom. The third-order valence-corrected chi connectivity index (χ3v) is 1.30. The number of likely N-dealkylation sites (N-methyl/N-ethyl adjacent to an activating group) is 1. The van der Waals surface area contributed by atoms with E-state index in [0.717, 1.165) is 18.7 Å². The van der Waals surface area contributed by atoms with Gasteiger partial charge in [0.15, 0.2) is 0 Å². The van der Waals surface area contributed by atoms with E-state index in [2.05, 4.69) is 12.6 Å². The molecule has 0 rings (SSSR count). The van der Waals surface area contributed by atoms with Crippen LogP contribution in [0.15, 0.2) is 0 Å². The molecule has 3 heteroatoms. The number of nitrogens with zero attached hydrogens (tertiary/aromatic N) is 1. The Balaban J connectivity index is 3.15. The largest absolute Gasteiger partial charge is 0.392 e. The van der Waals surface area contributed by atoms with E-state index in [-0.39, 0.29) is 6.10 Å². The maximum atomic E-state index is 9.13. The van der Waals surface area contributed by atoms with Crippen LogP contribution in [0.2, 0.25) is 0 Å². The molecule has 1 N–H and O–H groups in total. The van der Waals surface area contributed by atoms with Crippen molar-refractivity contribution >= 4 is 12.6 Å². The van der Waals surface area contributed by atoms with E-state index in [1.807, 2.05) is 19.0 Å². The quantitative estimate of drug-likeness (QED) is 0.559. The van der Waals surface area contributed by atoms with Crippen molar-refractivity contribution in [1.82, 2.24) is 4.90 Å². The third kappa shape index (κ3) is 6.15. The van der Waals surface area contributed by atoms with E-state index in [9.17, 15) is 0 Å². The Labute approximate surface area is 62.3 Å². The van der Waals surface area contributed by atoms with Crippen molar-refractivity contribution < 1.29 is 5.11 Å². The maximum absolute atomic E-state index is 9.13. The summed E-state index contributed by atoms with van der Waals surface area (Å²) in [7, 11) is 3.89. The molecule has 0 aliphatic heterocycles. The summed E-state index contributed by atoms with van der Waals surface area (Å²) in [6, 6.07) is 0. The van der Waals surface area contributed by atoms with E-state index in [0.29, 0.717) is 0 Å². The zero-order valence-corrected chi connectivity index (χ0v) is 6.93. The molecule has 0 aliphatic rings. The molecule has 0 heterocycles. The minimum absolute atomic E-state index is 0.211. The van der Waals surface area contributed by atoms with Gasteiger partial charge >= 0.3 is 0 Å². The maximum Gasteiger partial charge on any atom is 0.0674 e. The third-order valence-electron chi connectivity index (χ3n) is 1.04. The topological polar surface area (TPSA) is 23.5 Å². The van der Waals surface area contributed by atoms with Crippen molar-refractivity contribution in [2.24, 2.45) is 0 Å². The van der Waals surface area contributed by atoms with Gasteiger partial charge in [-0.1, -0.05) is 0 Å². The van der Waals surface area contributed by atoms with Gasteiger partial charge in [-0.2, -0.15) is 12.6 Å². The van der Waals surface area contributed by atoms with Gasteiger partial charge in [0.05, 0.1) is 6.10 Å². The van der Waals surface area contributed by atoms with Gasteiger partial charge in [0.25, 0.3) is 0 Å². The molecule has 0 aromatic heterocycles. The summed E-state index contributed by atoms with van der Waals surface area (Å²) < 4.78 is 0. The van der Waals surface area contributed by atoms with Gasteiger partial charge in [-0.15, -0.1) is 0 Å². The zero-order valence-electron chi connectivity index (χ0n) is 6.04. The van der Waals surface area contributed by atoms with Crippen molar-refractivity contribution in [2.75, 3.05) is 26.4 Å². The number of aliphatic hydroxyl groups excluding tert-OH is 1. The van der Waals surface area contributed by atoms with E-state index < -0.39 is 0 Å². The lowest BCUT2D eigenvalue weighted by molar-refractivity contribution is 0.134. The van der Waals surface area contributed by atoms with Crippen molar-refractivity contribution in [3.63, 3.8) is 0 Å². The van der Waals surface area contributed by atoms with E-state index in [1.165, 1.54) is 0 Å². The van der Waals surface area contributed by atoms with E-state index >= 15 is 0 Å². The molecular weight excluding hydrogens is 134 g/mol. The summed E-state index contributed by atoms with van der Waals surface area (Å²) in [4.78, 5) is 1.97. The normalized spacial score (nSPS) is 14.3. The van der Waals surface area contributed by atoms with Crippen LogP contribution < -0.4 is 0 Å². The molecule has 0 radical (unpaired) electrons. The van der Waals surface area contributed by atoms with Gasteiger partial charge in [0.2, 0.25) is 0 Å². The summed E-state index contributed by atoms with van der Waals surface area (Å²) in [5, 5.41) is 9.13. The first kappa shape index (κ1) is 9.27. The highest BCUT2D eigenvalue weighted by Crippen LogP contribution is 1.93. The lowest BCUT2D eigenvalue weighted by Crippen LogP contribution is -2.25. The predicted molar refractivity (Wildman–Crippen MR) is 43.0 cm³/mol. The Kier molecular flexibility index (Phi) is 5.24. The van der Waals surface area contributed by atoms with Gasteiger partial charge in [-0.3, -0.25) is 0 Å². The first-order valence-electron chi connectivity index (χ1n) is 3.10. The Bertz CT molecular complexity index is 68.1. The lowest BCUT2D eigenvalue weighted by Gasteiger charge is -2.14. The van der Waals surface area contributed by atoms with Crippen LogP contribution in [0, 0.1) is 0 Å². The van der Waals surface area contributed by atoms with Crippen LogP contribution in [-0.4, -0.2) is 42.5 Å². The smallest absolute Gasteiger partial charge is 0.0674 e. The summed E-state index contributed by atoms with van der Waals surface area (Å²) in [6.07, 6.45) is 0.568. The molecule has 0 aliphatic carbocycles. The molecule has 0 amide bonds. The van der Waals surface area contributed by atoms with Crippen LogP contribution >= 0.6 is 12.6 Å². The monoisotopic (exact) mass is 149 g/mol. The number of rotatable bonds is 4. The fourth-order valence-electron chi connectivity index (χ4n) is 0.662. The van der Waals surface area contributed by atoms with Gasteiger partial charge < -0.3 is 10.0 Å². The molecule has 9 heavy (non-hydrogen) atoms. The Morgan fingerprint density at radius 3 is 2.44 bits per heavy atom. The van der Waals surface area contributed by atoms with Gasteiger partial charge in [-0.05, 0) is 26.3 Å². The van der Waals surface area contributed by atoms with Gasteiger partial charge in [-0.25, -0.2) is 0 Å². The molecule has 1 unspecified atom stereocenters. The standard InChI is InChI=1S/C6H15NOS/c1-7(2)5-6(8)3-4-9/h6,8-9H,3-5H2,1-2H3. The summed E-state index contributed by atoms with van der Waals surface area (Å²) >= 11 is 4.00. The molecule has 0 spiro atoms. The highest BCUT2D eigenvalue weighted by Gasteiger charge is 2.02. The minimum atomic E-state index is -0.211. The second-order valence-corrected chi connectivity index (χ2v) is 2.88. The SMILES string of the molecule is CN(C)CC(O)CCS. The average molecular weight is 149 g/mol. The van der Waals surface area contributed by atoms with E-state index in [4.69, 9.17) is 5.11 Å². The number of thiol groups is 1. The van der Waals surface area contributed by atoms with E-state index in [1.54, 1.807) is 0 Å². The highest BCUT2D eigenvalue weighted by atomic mass is 32.1. The van der Waals surface area contributed by atoms with Crippen LogP contribution in [0.5, 0.6) is 0 Å². The highest BCUT2D eigenvalue weighted by molar-refractivity contribution is 7.80. The Morgan fingerprint density at radius 1 is 1.56 bits per heavy atom. The van der Waals surface area contributed by atoms with Crippen molar-refractivity contribution in [3.8, 4) is 0 Å². The number of aliphatic hydroxyl groups is 1. The lowest BCUT2D eigenvalue weighted by atomic mass is 10.3. The van der Waals surface area contributed by atoms with Crippen molar-refractivity contribution in [3.05, 3.63) is 0 Å².